The minimum atomic E-state index is -1.07. The van der Waals surface area contributed by atoms with E-state index in [1.807, 2.05) is 0 Å². The maximum Gasteiger partial charge on any atom is 0.249 e. The molecule has 0 heterocycles. The van der Waals surface area contributed by atoms with Crippen molar-refractivity contribution in [2.45, 2.75) is 334 Å². The second kappa shape index (κ2) is 53.4. The van der Waals surface area contributed by atoms with Crippen LogP contribution in [0.4, 0.5) is 0 Å². The van der Waals surface area contributed by atoms with Crippen molar-refractivity contribution in [3.05, 3.63) is 24.3 Å². The topological polar surface area (TPSA) is 89.8 Å². The highest BCUT2D eigenvalue weighted by atomic mass is 16.3. The van der Waals surface area contributed by atoms with E-state index >= 15 is 0 Å². The van der Waals surface area contributed by atoms with Crippen LogP contribution in [0.5, 0.6) is 0 Å². The largest absolute Gasteiger partial charge is 0.394 e. The normalized spacial score (nSPS) is 13.4. The molecular weight excluding hydrogens is 775 g/mol. The second-order valence-corrected chi connectivity index (χ2v) is 19.9. The molecule has 0 saturated heterocycles. The number of rotatable bonds is 53. The number of carbonyl (C=O) groups excluding carboxylic acids is 1. The maximum absolute atomic E-state index is 12.6. The summed E-state index contributed by atoms with van der Waals surface area (Å²) in [6.45, 7) is 4.26. The van der Waals surface area contributed by atoms with Gasteiger partial charge in [-0.3, -0.25) is 4.79 Å². The Labute approximate surface area is 394 Å². The molecule has 374 valence electrons. The van der Waals surface area contributed by atoms with Crippen molar-refractivity contribution in [2.24, 2.45) is 0 Å². The van der Waals surface area contributed by atoms with Crippen molar-refractivity contribution < 1.29 is 20.1 Å². The van der Waals surface area contributed by atoms with Crippen molar-refractivity contribution in [2.75, 3.05) is 6.61 Å². The van der Waals surface area contributed by atoms with Gasteiger partial charge in [-0.25, -0.2) is 0 Å². The van der Waals surface area contributed by atoms with Gasteiger partial charge >= 0.3 is 0 Å². The van der Waals surface area contributed by atoms with Gasteiger partial charge in [0.05, 0.1) is 18.8 Å². The fraction of sp³-hybridized carbons (Fsp3) is 0.914. The lowest BCUT2D eigenvalue weighted by atomic mass is 10.0. The lowest BCUT2D eigenvalue weighted by molar-refractivity contribution is -0.131. The number of unbranched alkanes of at least 4 members (excludes halogenated alkanes) is 41. The molecule has 3 unspecified atom stereocenters. The summed E-state index contributed by atoms with van der Waals surface area (Å²) >= 11 is 0. The standard InChI is InChI=1S/C58H113NO4/c1-3-5-7-9-11-13-15-17-19-20-21-22-23-24-25-26-27-28-29-30-31-32-33-34-35-36-37-39-41-43-45-47-49-51-53-57(62)58(63)59-55(54-60)56(61)52-50-48-46-44-42-40-38-18-16-14-12-10-8-6-4-2/h23-24,26-27,55-57,60-62H,3-22,25,28-54H2,1-2H3,(H,59,63)/b24-23-,27-26-. The molecule has 63 heavy (non-hydrogen) atoms. The molecule has 0 aliphatic carbocycles. The molecule has 0 fully saturated rings. The zero-order valence-electron chi connectivity index (χ0n) is 42.7. The Bertz CT molecular complexity index is 936. The summed E-state index contributed by atoms with van der Waals surface area (Å²) in [6, 6.07) is -0.710. The van der Waals surface area contributed by atoms with E-state index in [1.54, 1.807) is 0 Å². The van der Waals surface area contributed by atoms with Gasteiger partial charge in [-0.2, -0.15) is 0 Å². The van der Waals surface area contributed by atoms with E-state index in [-0.39, 0.29) is 6.61 Å². The van der Waals surface area contributed by atoms with Crippen molar-refractivity contribution >= 4 is 5.91 Å². The summed E-state index contributed by atoms with van der Waals surface area (Å²) in [5.74, 6) is -0.466. The highest BCUT2D eigenvalue weighted by Gasteiger charge is 2.23. The van der Waals surface area contributed by atoms with Gasteiger partial charge in [0.1, 0.15) is 6.10 Å². The Hall–Kier alpha value is -1.17. The molecule has 0 radical (unpaired) electrons. The third-order valence-electron chi connectivity index (χ3n) is 13.6. The summed E-state index contributed by atoms with van der Waals surface area (Å²) in [4.78, 5) is 12.6. The molecule has 0 aromatic heterocycles. The Kier molecular flexibility index (Phi) is 52.5. The second-order valence-electron chi connectivity index (χ2n) is 19.9. The molecule has 5 nitrogen and oxygen atoms in total. The van der Waals surface area contributed by atoms with Crippen molar-refractivity contribution in [3.63, 3.8) is 0 Å². The molecule has 0 rings (SSSR count). The predicted octanol–water partition coefficient (Wildman–Crippen LogP) is 17.7. The van der Waals surface area contributed by atoms with Crippen LogP contribution < -0.4 is 5.32 Å². The SMILES string of the molecule is CCCCCCCCCCCCC/C=C\C/C=C\CCCCCCCCCCCCCCCCCCC(O)C(=O)NC(CO)C(O)CCCCCCCCCCCCCCCCC. The van der Waals surface area contributed by atoms with Gasteiger partial charge in [0.15, 0.2) is 0 Å². The Morgan fingerprint density at radius 3 is 0.952 bits per heavy atom. The summed E-state index contributed by atoms with van der Waals surface area (Å²) in [7, 11) is 0. The Morgan fingerprint density at radius 1 is 0.381 bits per heavy atom. The van der Waals surface area contributed by atoms with E-state index in [0.29, 0.717) is 12.8 Å². The molecule has 0 spiro atoms. The lowest BCUT2D eigenvalue weighted by Gasteiger charge is -2.23. The first kappa shape index (κ1) is 61.8. The molecule has 5 heteroatoms. The van der Waals surface area contributed by atoms with Crippen LogP contribution in [-0.2, 0) is 4.79 Å². The van der Waals surface area contributed by atoms with Crippen LogP contribution in [0.3, 0.4) is 0 Å². The number of aliphatic hydroxyl groups excluding tert-OH is 3. The van der Waals surface area contributed by atoms with Crippen molar-refractivity contribution in [3.8, 4) is 0 Å². The molecular formula is C58H113NO4. The number of hydrogen-bond donors (Lipinski definition) is 4. The minimum Gasteiger partial charge on any atom is -0.394 e. The quantitative estimate of drug-likeness (QED) is 0.0362. The molecule has 0 aromatic carbocycles. The van der Waals surface area contributed by atoms with E-state index in [9.17, 15) is 20.1 Å². The third-order valence-corrected chi connectivity index (χ3v) is 13.6. The Morgan fingerprint density at radius 2 is 0.651 bits per heavy atom. The first-order valence-electron chi connectivity index (χ1n) is 28.6. The van der Waals surface area contributed by atoms with Crippen molar-refractivity contribution in [1.82, 2.24) is 5.32 Å². The molecule has 0 aliphatic rings. The smallest absolute Gasteiger partial charge is 0.249 e. The average Bonchev–Trinajstić information content (AvgIpc) is 3.29. The summed E-state index contributed by atoms with van der Waals surface area (Å²) < 4.78 is 0. The van der Waals surface area contributed by atoms with Crippen LogP contribution in [0.15, 0.2) is 24.3 Å². The summed E-state index contributed by atoms with van der Waals surface area (Å²) in [6.07, 6.45) is 68.0. The van der Waals surface area contributed by atoms with E-state index in [1.165, 1.54) is 250 Å². The number of amides is 1. The van der Waals surface area contributed by atoms with Gasteiger partial charge in [-0.1, -0.05) is 295 Å². The maximum atomic E-state index is 12.6. The zero-order valence-corrected chi connectivity index (χ0v) is 42.7. The first-order chi connectivity index (χ1) is 31.1. The first-order valence-corrected chi connectivity index (χ1v) is 28.6. The average molecular weight is 889 g/mol. The molecule has 0 aliphatic heterocycles. The van der Waals surface area contributed by atoms with Gasteiger partial charge in [0, 0.05) is 0 Å². The van der Waals surface area contributed by atoms with Gasteiger partial charge in [0.2, 0.25) is 5.91 Å². The number of aliphatic hydroxyl groups is 3. The van der Waals surface area contributed by atoms with Gasteiger partial charge in [-0.15, -0.1) is 0 Å². The van der Waals surface area contributed by atoms with Crippen LogP contribution >= 0.6 is 0 Å². The van der Waals surface area contributed by atoms with E-state index in [4.69, 9.17) is 0 Å². The molecule has 1 amide bonds. The van der Waals surface area contributed by atoms with Gasteiger partial charge in [0.25, 0.3) is 0 Å². The minimum absolute atomic E-state index is 0.310. The number of carbonyl (C=O) groups is 1. The van der Waals surface area contributed by atoms with Crippen LogP contribution in [0.25, 0.3) is 0 Å². The molecule has 3 atom stereocenters. The fourth-order valence-corrected chi connectivity index (χ4v) is 9.11. The summed E-state index contributed by atoms with van der Waals surface area (Å²) in [5, 5.41) is 33.5. The highest BCUT2D eigenvalue weighted by molar-refractivity contribution is 5.80. The number of nitrogens with one attached hydrogen (secondary N) is 1. The highest BCUT2D eigenvalue weighted by Crippen LogP contribution is 2.18. The van der Waals surface area contributed by atoms with Gasteiger partial charge < -0.3 is 20.6 Å². The van der Waals surface area contributed by atoms with Crippen LogP contribution in [-0.4, -0.2) is 46.1 Å². The number of allylic oxidation sites excluding steroid dienone is 4. The van der Waals surface area contributed by atoms with E-state index in [2.05, 4.69) is 43.5 Å². The van der Waals surface area contributed by atoms with Crippen LogP contribution in [0.2, 0.25) is 0 Å². The van der Waals surface area contributed by atoms with E-state index in [0.717, 1.165) is 38.5 Å². The molecule has 4 N–H and O–H groups in total. The van der Waals surface area contributed by atoms with Crippen LogP contribution in [0.1, 0.15) is 316 Å². The molecule has 0 bridgehead atoms. The third kappa shape index (κ3) is 48.6. The fourth-order valence-electron chi connectivity index (χ4n) is 9.11. The Balaban J connectivity index is 3.48. The van der Waals surface area contributed by atoms with E-state index < -0.39 is 24.2 Å². The summed E-state index contributed by atoms with van der Waals surface area (Å²) in [5.41, 5.74) is 0. The van der Waals surface area contributed by atoms with Crippen molar-refractivity contribution in [1.29, 1.82) is 0 Å². The monoisotopic (exact) mass is 888 g/mol. The lowest BCUT2D eigenvalue weighted by Crippen LogP contribution is -2.49. The predicted molar refractivity (Wildman–Crippen MR) is 278 cm³/mol. The number of hydrogen-bond acceptors (Lipinski definition) is 4. The van der Waals surface area contributed by atoms with Crippen LogP contribution in [0, 0.1) is 0 Å². The molecule has 0 aromatic rings. The van der Waals surface area contributed by atoms with Gasteiger partial charge in [-0.05, 0) is 44.9 Å². The zero-order chi connectivity index (χ0) is 45.8. The molecule has 0 saturated carbocycles.